The number of fused-ring (bicyclic) bond motifs is 2. The van der Waals surface area contributed by atoms with Crippen LogP contribution in [-0.4, -0.2) is 49.1 Å². The minimum atomic E-state index is -5.03. The lowest BCUT2D eigenvalue weighted by atomic mass is 10.1. The number of aromatic hydroxyl groups is 2. The third kappa shape index (κ3) is 6.96. The summed E-state index contributed by atoms with van der Waals surface area (Å²) in [6, 6.07) is 20.7. The van der Waals surface area contributed by atoms with Crippen LogP contribution >= 0.6 is 0 Å². The number of hydrogen-bond donors (Lipinski definition) is 7. The fraction of sp³-hybridized carbons (Fsp3) is 0. The quantitative estimate of drug-likeness (QED) is 0.0476. The highest BCUT2D eigenvalue weighted by Gasteiger charge is 2.25. The zero-order chi connectivity index (χ0) is 37.7. The van der Waals surface area contributed by atoms with Gasteiger partial charge >= 0.3 is 0 Å². The molecule has 6 rings (SSSR count). The molecule has 0 aliphatic carbocycles. The van der Waals surface area contributed by atoms with Crippen LogP contribution in [0.15, 0.2) is 126 Å². The number of azo groups is 2. The van der Waals surface area contributed by atoms with Crippen molar-refractivity contribution in [2.75, 3.05) is 11.5 Å². The highest BCUT2D eigenvalue weighted by atomic mass is 32.2. The lowest BCUT2D eigenvalue weighted by Crippen LogP contribution is -2.02. The Hall–Kier alpha value is -6.03. The van der Waals surface area contributed by atoms with E-state index in [0.717, 1.165) is 29.8 Å². The van der Waals surface area contributed by atoms with Gasteiger partial charge in [0.2, 0.25) is 0 Å². The van der Waals surface area contributed by atoms with E-state index in [0.29, 0.717) is 11.3 Å². The lowest BCUT2D eigenvalue weighted by Gasteiger charge is -2.12. The number of nitrogens with two attached hydrogens (primary N) is 2. The van der Waals surface area contributed by atoms with Gasteiger partial charge in [0.25, 0.3) is 30.4 Å². The maximum Gasteiger partial charge on any atom is 0.296 e. The van der Waals surface area contributed by atoms with Crippen molar-refractivity contribution < 1.29 is 49.1 Å². The first-order chi connectivity index (χ1) is 24.3. The standard InChI is InChI=1S/C32H24N6O11S3/c33-23-10-12-26(51(44,45)46)22-9-11-25(31(39)29(22)23)37-35-19-5-1-16(2-6-19)17-3-7-20(8-4-17)36-38-30-27(52(47,48)49)14-18-13-21(50(41,42)43)15-24(34)28(18)32(30)40/h1-15,39-40H,33-34H2,(H,41,42,43)(H,44,45,46)(H,47,48,49). The molecule has 0 heterocycles. The van der Waals surface area contributed by atoms with Crippen LogP contribution in [0.4, 0.5) is 34.1 Å². The van der Waals surface area contributed by atoms with Crippen LogP contribution in [0.25, 0.3) is 32.7 Å². The van der Waals surface area contributed by atoms with Gasteiger partial charge < -0.3 is 21.7 Å². The van der Waals surface area contributed by atoms with Gasteiger partial charge in [-0.2, -0.15) is 35.5 Å². The number of anilines is 2. The van der Waals surface area contributed by atoms with Crippen LogP contribution in [-0.2, 0) is 30.4 Å². The number of hydrogen-bond acceptors (Lipinski definition) is 14. The van der Waals surface area contributed by atoms with Crippen molar-refractivity contribution >= 4 is 86.0 Å². The summed E-state index contributed by atoms with van der Waals surface area (Å²) in [4.78, 5) is -1.99. The maximum absolute atomic E-state index is 12.2. The second kappa shape index (κ2) is 12.9. The fourth-order valence-electron chi connectivity index (χ4n) is 5.32. The van der Waals surface area contributed by atoms with Gasteiger partial charge in [0.05, 0.1) is 21.7 Å². The molecule has 0 bridgehead atoms. The molecule has 0 radical (unpaired) electrons. The number of nitrogens with zero attached hydrogens (tertiary/aromatic N) is 4. The molecule has 0 spiro atoms. The number of benzene rings is 6. The summed E-state index contributed by atoms with van der Waals surface area (Å²) >= 11 is 0. The molecular weight excluding hydrogens is 741 g/mol. The van der Waals surface area contributed by atoms with Gasteiger partial charge in [0, 0.05) is 22.1 Å². The highest BCUT2D eigenvalue weighted by Crippen LogP contribution is 2.45. The third-order valence-electron chi connectivity index (χ3n) is 7.74. The Morgan fingerprint density at radius 2 is 1.06 bits per heavy atom. The van der Waals surface area contributed by atoms with E-state index in [1.165, 1.54) is 30.3 Å². The van der Waals surface area contributed by atoms with Crippen LogP contribution in [0.3, 0.4) is 0 Å². The monoisotopic (exact) mass is 764 g/mol. The third-order valence-corrected chi connectivity index (χ3v) is 10.3. The van der Waals surface area contributed by atoms with E-state index in [2.05, 4.69) is 20.5 Å². The number of phenols is 2. The molecule has 0 amide bonds. The van der Waals surface area contributed by atoms with Gasteiger partial charge in [0.1, 0.15) is 21.2 Å². The molecular formula is C32H24N6O11S3. The van der Waals surface area contributed by atoms with Gasteiger partial charge in [0.15, 0.2) is 11.5 Å². The van der Waals surface area contributed by atoms with Crippen molar-refractivity contribution in [2.45, 2.75) is 14.7 Å². The van der Waals surface area contributed by atoms with Crippen molar-refractivity contribution in [1.29, 1.82) is 0 Å². The largest absolute Gasteiger partial charge is 0.505 e. The summed E-state index contributed by atoms with van der Waals surface area (Å²) in [5.74, 6) is -1.24. The van der Waals surface area contributed by atoms with Crippen molar-refractivity contribution in [3.8, 4) is 22.6 Å². The van der Waals surface area contributed by atoms with Gasteiger partial charge in [-0.05, 0) is 77.2 Å². The number of phenolic OH excluding ortho intramolecular Hbond substituents is 2. The molecule has 0 unspecified atom stereocenters. The van der Waals surface area contributed by atoms with E-state index in [4.69, 9.17) is 11.5 Å². The van der Waals surface area contributed by atoms with Crippen molar-refractivity contribution in [1.82, 2.24) is 0 Å². The van der Waals surface area contributed by atoms with Crippen LogP contribution in [0.2, 0.25) is 0 Å². The molecule has 6 aromatic rings. The van der Waals surface area contributed by atoms with Crippen molar-refractivity contribution in [2.24, 2.45) is 20.5 Å². The van der Waals surface area contributed by atoms with Gasteiger partial charge in [-0.25, -0.2) is 0 Å². The normalized spacial score (nSPS) is 12.8. The average Bonchev–Trinajstić information content (AvgIpc) is 3.06. The second-order valence-corrected chi connectivity index (χ2v) is 15.3. The lowest BCUT2D eigenvalue weighted by molar-refractivity contribution is 0.472. The second-order valence-electron chi connectivity index (χ2n) is 11.1. The summed E-state index contributed by atoms with van der Waals surface area (Å²) in [6.45, 7) is 0. The molecule has 266 valence electrons. The Bertz CT molecular complexity index is 2850. The van der Waals surface area contributed by atoms with E-state index < -0.39 is 62.2 Å². The molecule has 52 heavy (non-hydrogen) atoms. The molecule has 0 saturated carbocycles. The number of nitrogen functional groups attached to an aromatic ring is 2. The van der Waals surface area contributed by atoms with Gasteiger partial charge in [-0.1, -0.05) is 30.3 Å². The Balaban J connectivity index is 1.24. The van der Waals surface area contributed by atoms with E-state index in [-0.39, 0.29) is 44.3 Å². The van der Waals surface area contributed by atoms with E-state index in [1.807, 2.05) is 0 Å². The first-order valence-electron chi connectivity index (χ1n) is 14.4. The SMILES string of the molecule is Nc1cc(S(=O)(=O)O)cc2cc(S(=O)(=O)O)c(N=Nc3ccc(-c4ccc(N=Nc5ccc6c(S(=O)(=O)O)ccc(N)c6c5O)cc4)cc3)c(O)c12. The summed E-state index contributed by atoms with van der Waals surface area (Å²) < 4.78 is 99.8. The zero-order valence-corrected chi connectivity index (χ0v) is 28.5. The average molecular weight is 765 g/mol. The van der Waals surface area contributed by atoms with Crippen LogP contribution in [0.1, 0.15) is 0 Å². The van der Waals surface area contributed by atoms with E-state index in [1.54, 1.807) is 36.4 Å². The Labute approximate surface area is 294 Å². The molecule has 0 aliphatic rings. The number of rotatable bonds is 8. The van der Waals surface area contributed by atoms with Crippen molar-refractivity contribution in [3.05, 3.63) is 91.0 Å². The molecule has 9 N–H and O–H groups in total. The van der Waals surface area contributed by atoms with Crippen LogP contribution in [0, 0.1) is 0 Å². The molecule has 20 heteroatoms. The fourth-order valence-corrected chi connectivity index (χ4v) is 7.21. The molecule has 0 saturated heterocycles. The van der Waals surface area contributed by atoms with E-state index in [9.17, 15) is 49.1 Å². The topological polar surface area (TPSA) is 305 Å². The van der Waals surface area contributed by atoms with E-state index >= 15 is 0 Å². The molecule has 0 atom stereocenters. The zero-order valence-electron chi connectivity index (χ0n) is 26.0. The van der Waals surface area contributed by atoms with Gasteiger partial charge in [-0.3, -0.25) is 13.7 Å². The minimum absolute atomic E-state index is 0.00371. The Kier molecular flexibility index (Phi) is 8.90. The first-order valence-corrected chi connectivity index (χ1v) is 18.7. The summed E-state index contributed by atoms with van der Waals surface area (Å²) in [5.41, 5.74) is 13.0. The highest BCUT2D eigenvalue weighted by molar-refractivity contribution is 7.86. The Morgan fingerprint density at radius 3 is 1.60 bits per heavy atom. The Morgan fingerprint density at radius 1 is 0.500 bits per heavy atom. The molecule has 0 aliphatic heterocycles. The molecule has 0 fully saturated rings. The summed E-state index contributed by atoms with van der Waals surface area (Å²) in [7, 11) is -14.4. The van der Waals surface area contributed by atoms with Crippen LogP contribution < -0.4 is 11.5 Å². The van der Waals surface area contributed by atoms with Gasteiger partial charge in [-0.15, -0.1) is 10.2 Å². The smallest absolute Gasteiger partial charge is 0.296 e. The first kappa shape index (κ1) is 35.8. The molecule has 6 aromatic carbocycles. The summed E-state index contributed by atoms with van der Waals surface area (Å²) in [5, 5.41) is 37.2. The molecule has 0 aromatic heterocycles. The predicted octanol–water partition coefficient (Wildman–Crippen LogP) is 6.81. The molecule has 17 nitrogen and oxygen atoms in total. The summed E-state index contributed by atoms with van der Waals surface area (Å²) in [6.07, 6.45) is 0. The van der Waals surface area contributed by atoms with Crippen molar-refractivity contribution in [3.63, 3.8) is 0 Å². The minimum Gasteiger partial charge on any atom is -0.505 e. The van der Waals surface area contributed by atoms with Crippen LogP contribution in [0.5, 0.6) is 11.5 Å². The maximum atomic E-state index is 12.2. The predicted molar refractivity (Wildman–Crippen MR) is 190 cm³/mol.